The molecule has 0 bridgehead atoms. The van der Waals surface area contributed by atoms with Crippen molar-refractivity contribution in [2.45, 2.75) is 23.3 Å². The molecule has 12 heteroatoms. The molecule has 17 heavy (non-hydrogen) atoms. The van der Waals surface area contributed by atoms with Crippen LogP contribution in [0.2, 0.25) is 0 Å². The van der Waals surface area contributed by atoms with E-state index < -0.39 is 39.4 Å². The molecule has 0 saturated heterocycles. The largest absolute Gasteiger partial charge is 0.438 e. The van der Waals surface area contributed by atoms with E-state index in [2.05, 4.69) is 0 Å². The van der Waals surface area contributed by atoms with Crippen LogP contribution < -0.4 is 0 Å². The Morgan fingerprint density at radius 3 is 1.00 bits per heavy atom. The van der Waals surface area contributed by atoms with Crippen LogP contribution in [-0.4, -0.2) is 37.9 Å². The molecule has 0 aromatic heterocycles. The van der Waals surface area contributed by atoms with Gasteiger partial charge in [-0.2, -0.15) is 35.1 Å². The molecule has 0 atom stereocenters. The third kappa shape index (κ3) is 2.18. The average molecular weight is 298 g/mol. The Bertz CT molecular complexity index is 375. The summed E-state index contributed by atoms with van der Waals surface area (Å²) in [5.74, 6) is 0. The lowest BCUT2D eigenvalue weighted by Gasteiger charge is -2.34. The van der Waals surface area contributed by atoms with Crippen LogP contribution in [0.15, 0.2) is 0 Å². The standard InChI is InChI=1S/C5H3F9O2S/c1-17(15,16)5(13,14)2(6,3(7,8)9)4(10,11)12/h1H3. The second-order valence-electron chi connectivity index (χ2n) is 2.94. The second-order valence-corrected chi connectivity index (χ2v) is 5.00. The molecule has 0 aromatic carbocycles. The minimum Gasteiger partial charge on any atom is -0.223 e. The molecular formula is C5H3F9O2S. The Labute approximate surface area is 88.3 Å². The van der Waals surface area contributed by atoms with E-state index in [9.17, 15) is 47.9 Å². The summed E-state index contributed by atoms with van der Waals surface area (Å²) in [6.45, 7) is 0. The molecule has 0 N–H and O–H groups in total. The van der Waals surface area contributed by atoms with Gasteiger partial charge in [-0.15, -0.1) is 0 Å². The number of hydrogen-bond acceptors (Lipinski definition) is 2. The van der Waals surface area contributed by atoms with E-state index in [4.69, 9.17) is 0 Å². The maximum atomic E-state index is 12.7. The van der Waals surface area contributed by atoms with Crippen LogP contribution in [0.25, 0.3) is 0 Å². The summed E-state index contributed by atoms with van der Waals surface area (Å²) >= 11 is 0. The van der Waals surface area contributed by atoms with Crippen molar-refractivity contribution in [3.8, 4) is 0 Å². The van der Waals surface area contributed by atoms with Crippen molar-refractivity contribution in [1.29, 1.82) is 0 Å². The molecule has 0 amide bonds. The van der Waals surface area contributed by atoms with Crippen LogP contribution in [0, 0.1) is 0 Å². The Morgan fingerprint density at radius 2 is 0.941 bits per heavy atom. The fourth-order valence-corrected chi connectivity index (χ4v) is 1.49. The highest BCUT2D eigenvalue weighted by atomic mass is 32.2. The van der Waals surface area contributed by atoms with Gasteiger partial charge >= 0.3 is 23.3 Å². The molecule has 0 saturated carbocycles. The molecule has 0 spiro atoms. The Balaban J connectivity index is 6.23. The minimum absolute atomic E-state index is 0.640. The predicted molar refractivity (Wildman–Crippen MR) is 35.7 cm³/mol. The van der Waals surface area contributed by atoms with Crippen LogP contribution >= 0.6 is 0 Å². The summed E-state index contributed by atoms with van der Waals surface area (Å²) < 4.78 is 129. The van der Waals surface area contributed by atoms with Crippen molar-refractivity contribution < 1.29 is 47.9 Å². The van der Waals surface area contributed by atoms with Gasteiger partial charge in [0, 0.05) is 6.26 Å². The van der Waals surface area contributed by atoms with Gasteiger partial charge in [-0.05, 0) is 0 Å². The molecule has 0 fully saturated rings. The highest BCUT2D eigenvalue weighted by Crippen LogP contribution is 2.56. The molecule has 104 valence electrons. The van der Waals surface area contributed by atoms with Gasteiger partial charge in [0.25, 0.3) is 0 Å². The van der Waals surface area contributed by atoms with Gasteiger partial charge in [0.05, 0.1) is 0 Å². The summed E-state index contributed by atoms with van der Waals surface area (Å²) in [6.07, 6.45) is -14.9. The fourth-order valence-electron chi connectivity index (χ4n) is 0.746. The number of halogens is 9. The summed E-state index contributed by atoms with van der Waals surface area (Å²) in [5, 5.41) is -6.68. The van der Waals surface area contributed by atoms with E-state index in [0.717, 1.165) is 0 Å². The van der Waals surface area contributed by atoms with Crippen molar-refractivity contribution in [3.63, 3.8) is 0 Å². The zero-order chi connectivity index (χ0) is 14.5. The summed E-state index contributed by atoms with van der Waals surface area (Å²) in [7, 11) is -6.27. The molecular weight excluding hydrogens is 295 g/mol. The molecule has 0 aliphatic carbocycles. The Kier molecular flexibility index (Phi) is 3.51. The van der Waals surface area contributed by atoms with E-state index >= 15 is 0 Å². The lowest BCUT2D eigenvalue weighted by molar-refractivity contribution is -0.379. The van der Waals surface area contributed by atoms with Crippen LogP contribution in [0.1, 0.15) is 0 Å². The third-order valence-corrected chi connectivity index (χ3v) is 2.86. The topological polar surface area (TPSA) is 34.1 Å². The number of hydrogen-bond donors (Lipinski definition) is 0. The first kappa shape index (κ1) is 16.3. The number of rotatable bonds is 2. The molecule has 0 aliphatic rings. The van der Waals surface area contributed by atoms with E-state index in [1.165, 1.54) is 0 Å². The quantitative estimate of drug-likeness (QED) is 0.734. The zero-order valence-corrected chi connectivity index (χ0v) is 8.44. The van der Waals surface area contributed by atoms with Crippen LogP contribution in [0.4, 0.5) is 39.5 Å². The molecule has 0 heterocycles. The van der Waals surface area contributed by atoms with E-state index in [1.54, 1.807) is 0 Å². The first-order chi connectivity index (χ1) is 7.00. The van der Waals surface area contributed by atoms with Crippen molar-refractivity contribution in [3.05, 3.63) is 0 Å². The highest BCUT2D eigenvalue weighted by molar-refractivity contribution is 7.91. The van der Waals surface area contributed by atoms with Crippen LogP contribution in [0.3, 0.4) is 0 Å². The van der Waals surface area contributed by atoms with Gasteiger partial charge in [0.15, 0.2) is 0 Å². The molecule has 0 radical (unpaired) electrons. The van der Waals surface area contributed by atoms with Crippen LogP contribution in [0.5, 0.6) is 0 Å². The van der Waals surface area contributed by atoms with E-state index in [0.29, 0.717) is 0 Å². The van der Waals surface area contributed by atoms with Gasteiger partial charge in [-0.1, -0.05) is 0 Å². The maximum absolute atomic E-state index is 12.7. The van der Waals surface area contributed by atoms with Crippen molar-refractivity contribution >= 4 is 9.84 Å². The molecule has 0 unspecified atom stereocenters. The summed E-state index contributed by atoms with van der Waals surface area (Å²) in [5.41, 5.74) is -7.17. The van der Waals surface area contributed by atoms with Gasteiger partial charge in [0.2, 0.25) is 9.84 Å². The minimum atomic E-state index is -7.17. The van der Waals surface area contributed by atoms with Crippen molar-refractivity contribution in [1.82, 2.24) is 0 Å². The molecule has 0 aromatic rings. The monoisotopic (exact) mass is 298 g/mol. The maximum Gasteiger partial charge on any atom is 0.438 e. The van der Waals surface area contributed by atoms with E-state index in [1.807, 2.05) is 0 Å². The molecule has 0 aliphatic heterocycles. The first-order valence-corrected chi connectivity index (χ1v) is 5.29. The Morgan fingerprint density at radius 1 is 0.706 bits per heavy atom. The number of alkyl halides is 9. The Hall–Kier alpha value is -0.680. The second kappa shape index (κ2) is 3.65. The zero-order valence-electron chi connectivity index (χ0n) is 7.63. The highest BCUT2D eigenvalue weighted by Gasteiger charge is 2.87. The summed E-state index contributed by atoms with van der Waals surface area (Å²) in [6, 6.07) is 0. The van der Waals surface area contributed by atoms with Gasteiger partial charge in [-0.3, -0.25) is 0 Å². The summed E-state index contributed by atoms with van der Waals surface area (Å²) in [4.78, 5) is 0. The first-order valence-electron chi connectivity index (χ1n) is 3.40. The van der Waals surface area contributed by atoms with Gasteiger partial charge in [0.1, 0.15) is 0 Å². The molecule has 0 rings (SSSR count). The van der Waals surface area contributed by atoms with E-state index in [-0.39, 0.29) is 0 Å². The number of sulfone groups is 1. The van der Waals surface area contributed by atoms with Crippen LogP contribution in [-0.2, 0) is 9.84 Å². The smallest absolute Gasteiger partial charge is 0.223 e. The van der Waals surface area contributed by atoms with Gasteiger partial charge in [-0.25, -0.2) is 12.8 Å². The average Bonchev–Trinajstić information content (AvgIpc) is 1.95. The molecule has 2 nitrogen and oxygen atoms in total. The lowest BCUT2D eigenvalue weighted by atomic mass is 10.1. The normalized spacial score (nSPS) is 16.1. The third-order valence-electron chi connectivity index (χ3n) is 1.65. The predicted octanol–water partition coefficient (Wildman–Crippen LogP) is 2.46. The van der Waals surface area contributed by atoms with Crippen molar-refractivity contribution in [2.75, 3.05) is 6.26 Å². The van der Waals surface area contributed by atoms with Gasteiger partial charge < -0.3 is 0 Å². The SMILES string of the molecule is CS(=O)(=O)C(F)(F)C(F)(C(F)(F)F)C(F)(F)F. The van der Waals surface area contributed by atoms with Crippen molar-refractivity contribution in [2.24, 2.45) is 0 Å². The fraction of sp³-hybridized carbons (Fsp3) is 1.00. The lowest BCUT2D eigenvalue weighted by Crippen LogP contribution is -2.66.